The first-order chi connectivity index (χ1) is 8.80. The monoisotopic (exact) mass is 269 g/mol. The first kappa shape index (κ1) is 13.9. The van der Waals surface area contributed by atoms with E-state index in [4.69, 9.17) is 4.52 Å². The Labute approximate surface area is 113 Å². The van der Waals surface area contributed by atoms with Crippen molar-refractivity contribution in [3.05, 3.63) is 11.7 Å². The summed E-state index contributed by atoms with van der Waals surface area (Å²) in [7, 11) is 0. The zero-order valence-corrected chi connectivity index (χ0v) is 12.2. The topological polar surface area (TPSA) is 51.0 Å². The smallest absolute Gasteiger partial charge is 0.246 e. The van der Waals surface area contributed by atoms with E-state index in [-0.39, 0.29) is 5.54 Å². The van der Waals surface area contributed by atoms with Gasteiger partial charge in [-0.25, -0.2) is 0 Å². The Morgan fingerprint density at radius 3 is 2.94 bits per heavy atom. The summed E-state index contributed by atoms with van der Waals surface area (Å²) in [6.45, 7) is 5.45. The molecule has 1 fully saturated rings. The highest BCUT2D eigenvalue weighted by atomic mass is 32.2. The molecule has 0 aromatic carbocycles. The molecule has 1 N–H and O–H groups in total. The van der Waals surface area contributed by atoms with Crippen molar-refractivity contribution in [3.8, 4) is 0 Å². The largest absolute Gasteiger partial charge is 0.337 e. The van der Waals surface area contributed by atoms with Gasteiger partial charge >= 0.3 is 0 Å². The zero-order valence-electron chi connectivity index (χ0n) is 11.4. The minimum absolute atomic E-state index is 0.0462. The van der Waals surface area contributed by atoms with Crippen LogP contribution >= 0.6 is 11.8 Å². The Bertz CT molecular complexity index is 361. The fourth-order valence-corrected chi connectivity index (χ4v) is 3.28. The van der Waals surface area contributed by atoms with Gasteiger partial charge in [0.25, 0.3) is 0 Å². The molecule has 5 heteroatoms. The zero-order chi connectivity index (χ0) is 12.8. The van der Waals surface area contributed by atoms with Crippen LogP contribution in [0.15, 0.2) is 4.52 Å². The van der Waals surface area contributed by atoms with Crippen molar-refractivity contribution in [2.45, 2.75) is 57.2 Å². The van der Waals surface area contributed by atoms with E-state index in [0.29, 0.717) is 0 Å². The number of hydrogen-bond donors (Lipinski definition) is 1. The van der Waals surface area contributed by atoms with E-state index >= 15 is 0 Å². The molecule has 18 heavy (non-hydrogen) atoms. The van der Waals surface area contributed by atoms with Gasteiger partial charge in [0.15, 0.2) is 5.82 Å². The van der Waals surface area contributed by atoms with Crippen LogP contribution in [0, 0.1) is 0 Å². The van der Waals surface area contributed by atoms with E-state index in [1.54, 1.807) is 0 Å². The Morgan fingerprint density at radius 2 is 2.28 bits per heavy atom. The molecular weight excluding hydrogens is 246 g/mol. The van der Waals surface area contributed by atoms with Crippen molar-refractivity contribution < 1.29 is 4.52 Å². The van der Waals surface area contributed by atoms with Crippen LogP contribution in [-0.4, -0.2) is 22.4 Å². The Morgan fingerprint density at radius 1 is 1.39 bits per heavy atom. The summed E-state index contributed by atoms with van der Waals surface area (Å²) < 4.78 is 5.50. The highest BCUT2D eigenvalue weighted by Crippen LogP contribution is 2.34. The number of nitrogens with zero attached hydrogens (tertiary/aromatic N) is 2. The highest BCUT2D eigenvalue weighted by molar-refractivity contribution is 7.98. The average Bonchev–Trinajstić information content (AvgIpc) is 2.99. The van der Waals surface area contributed by atoms with E-state index in [1.807, 2.05) is 11.8 Å². The molecule has 1 saturated heterocycles. The van der Waals surface area contributed by atoms with Gasteiger partial charge in [0.05, 0.1) is 11.3 Å². The van der Waals surface area contributed by atoms with Gasteiger partial charge in [-0.05, 0) is 38.0 Å². The summed E-state index contributed by atoms with van der Waals surface area (Å²) in [5, 5.41) is 7.68. The molecule has 2 rings (SSSR count). The second kappa shape index (κ2) is 6.57. The lowest BCUT2D eigenvalue weighted by molar-refractivity contribution is 0.240. The fraction of sp³-hybridized carbons (Fsp3) is 0.846. The Hall–Kier alpha value is -0.550. The molecule has 1 atom stereocenters. The second-order valence-corrected chi connectivity index (χ2v) is 6.04. The quantitative estimate of drug-likeness (QED) is 0.771. The SMILES string of the molecule is CCCSCc1noc(C2(CCC)CCCN2)n1. The van der Waals surface area contributed by atoms with Gasteiger partial charge in [-0.15, -0.1) is 0 Å². The lowest BCUT2D eigenvalue weighted by atomic mass is 9.92. The van der Waals surface area contributed by atoms with Gasteiger partial charge in [-0.3, -0.25) is 0 Å². The van der Waals surface area contributed by atoms with Crippen molar-refractivity contribution in [3.63, 3.8) is 0 Å². The Balaban J connectivity index is 2.02. The maximum atomic E-state index is 5.50. The number of aromatic nitrogens is 2. The molecule has 1 aromatic rings. The van der Waals surface area contributed by atoms with Gasteiger partial charge in [0.2, 0.25) is 5.89 Å². The van der Waals surface area contributed by atoms with Crippen LogP contribution in [-0.2, 0) is 11.3 Å². The fourth-order valence-electron chi connectivity index (χ4n) is 2.55. The van der Waals surface area contributed by atoms with E-state index in [0.717, 1.165) is 49.0 Å². The summed E-state index contributed by atoms with van der Waals surface area (Å²) in [6.07, 6.45) is 5.72. The Kier molecular flexibility index (Phi) is 5.06. The number of hydrogen-bond acceptors (Lipinski definition) is 5. The molecule has 1 aliphatic rings. The third-order valence-electron chi connectivity index (χ3n) is 3.38. The number of thioether (sulfide) groups is 1. The lowest BCUT2D eigenvalue weighted by Gasteiger charge is -2.24. The summed E-state index contributed by atoms with van der Waals surface area (Å²) in [6, 6.07) is 0. The molecule has 1 aliphatic heterocycles. The minimum Gasteiger partial charge on any atom is -0.337 e. The average molecular weight is 269 g/mol. The van der Waals surface area contributed by atoms with Crippen molar-refractivity contribution in [1.82, 2.24) is 15.5 Å². The van der Waals surface area contributed by atoms with E-state index < -0.39 is 0 Å². The van der Waals surface area contributed by atoms with Crippen LogP contribution in [0.2, 0.25) is 0 Å². The van der Waals surface area contributed by atoms with Gasteiger partial charge in [0, 0.05) is 0 Å². The van der Waals surface area contributed by atoms with Crippen LogP contribution in [0.4, 0.5) is 0 Å². The van der Waals surface area contributed by atoms with Crippen LogP contribution in [0.3, 0.4) is 0 Å². The molecule has 2 heterocycles. The summed E-state index contributed by atoms with van der Waals surface area (Å²) in [4.78, 5) is 4.59. The minimum atomic E-state index is -0.0462. The molecular formula is C13H23N3OS. The van der Waals surface area contributed by atoms with E-state index in [2.05, 4.69) is 29.3 Å². The summed E-state index contributed by atoms with van der Waals surface area (Å²) in [5.41, 5.74) is -0.0462. The van der Waals surface area contributed by atoms with Crippen molar-refractivity contribution in [1.29, 1.82) is 0 Å². The van der Waals surface area contributed by atoms with Gasteiger partial charge < -0.3 is 9.84 Å². The molecule has 0 radical (unpaired) electrons. The molecule has 0 saturated carbocycles. The van der Waals surface area contributed by atoms with E-state index in [9.17, 15) is 0 Å². The van der Waals surface area contributed by atoms with Crippen molar-refractivity contribution >= 4 is 11.8 Å². The number of nitrogens with one attached hydrogen (secondary N) is 1. The lowest BCUT2D eigenvalue weighted by Crippen LogP contribution is -2.37. The van der Waals surface area contributed by atoms with Crippen molar-refractivity contribution in [2.75, 3.05) is 12.3 Å². The molecule has 1 aromatic heterocycles. The first-order valence-electron chi connectivity index (χ1n) is 6.96. The van der Waals surface area contributed by atoms with Crippen LogP contribution in [0.25, 0.3) is 0 Å². The maximum Gasteiger partial charge on any atom is 0.246 e. The predicted octanol–water partition coefficient (Wildman–Crippen LogP) is 3.09. The normalized spacial score (nSPS) is 23.7. The molecule has 0 spiro atoms. The first-order valence-corrected chi connectivity index (χ1v) is 8.12. The third kappa shape index (κ3) is 3.06. The molecule has 1 unspecified atom stereocenters. The van der Waals surface area contributed by atoms with Gasteiger partial charge in [-0.1, -0.05) is 25.4 Å². The molecule has 0 amide bonds. The van der Waals surface area contributed by atoms with Crippen LogP contribution in [0.5, 0.6) is 0 Å². The standard InChI is InChI=1S/C13H23N3OS/c1-3-6-13(7-5-8-14-13)12-15-11(16-17-12)10-18-9-4-2/h14H,3-10H2,1-2H3. The van der Waals surface area contributed by atoms with Crippen molar-refractivity contribution in [2.24, 2.45) is 0 Å². The van der Waals surface area contributed by atoms with E-state index in [1.165, 1.54) is 12.8 Å². The molecule has 102 valence electrons. The van der Waals surface area contributed by atoms with Gasteiger partial charge in [0.1, 0.15) is 0 Å². The molecule has 0 bridgehead atoms. The highest BCUT2D eigenvalue weighted by Gasteiger charge is 2.39. The predicted molar refractivity (Wildman–Crippen MR) is 74.6 cm³/mol. The second-order valence-electron chi connectivity index (χ2n) is 4.93. The summed E-state index contributed by atoms with van der Waals surface area (Å²) in [5.74, 6) is 3.66. The van der Waals surface area contributed by atoms with Crippen LogP contribution in [0.1, 0.15) is 57.7 Å². The summed E-state index contributed by atoms with van der Waals surface area (Å²) >= 11 is 1.87. The maximum absolute atomic E-state index is 5.50. The number of rotatable bonds is 7. The van der Waals surface area contributed by atoms with Gasteiger partial charge in [-0.2, -0.15) is 16.7 Å². The third-order valence-corrected chi connectivity index (χ3v) is 4.54. The molecule has 0 aliphatic carbocycles. The molecule has 4 nitrogen and oxygen atoms in total. The van der Waals surface area contributed by atoms with Crippen LogP contribution < -0.4 is 5.32 Å².